The molecule has 4 heteroatoms. The van der Waals surface area contributed by atoms with Crippen molar-refractivity contribution in [1.29, 1.82) is 0 Å². The summed E-state index contributed by atoms with van der Waals surface area (Å²) in [5.74, 6) is 0. The predicted molar refractivity (Wildman–Crippen MR) is 75.3 cm³/mol. The van der Waals surface area contributed by atoms with Crippen LogP contribution in [0.1, 0.15) is 16.7 Å². The summed E-state index contributed by atoms with van der Waals surface area (Å²) in [5.41, 5.74) is 3.80. The highest BCUT2D eigenvalue weighted by atomic mass is 35.5. The average molecular weight is 272 g/mol. The number of nitrogens with zero attached hydrogens (tertiary/aromatic N) is 1. The Labute approximate surface area is 115 Å². The molecule has 0 spiro atoms. The zero-order valence-electron chi connectivity index (χ0n) is 9.97. The van der Waals surface area contributed by atoms with Crippen LogP contribution in [0, 0.1) is 10.1 Å². The van der Waals surface area contributed by atoms with E-state index in [1.807, 2.05) is 30.3 Å². The van der Waals surface area contributed by atoms with E-state index in [0.717, 1.165) is 17.6 Å². The van der Waals surface area contributed by atoms with Gasteiger partial charge in [-0.2, -0.15) is 0 Å². The molecule has 3 nitrogen and oxygen atoms in total. The topological polar surface area (TPSA) is 43.1 Å². The van der Waals surface area contributed by atoms with E-state index in [-0.39, 0.29) is 10.6 Å². The van der Waals surface area contributed by atoms with E-state index in [9.17, 15) is 10.1 Å². The van der Waals surface area contributed by atoms with Crippen molar-refractivity contribution in [2.75, 3.05) is 0 Å². The molecule has 0 bridgehead atoms. The van der Waals surface area contributed by atoms with Crippen LogP contribution in [-0.4, -0.2) is 4.92 Å². The number of rotatable bonds is 2. The Morgan fingerprint density at radius 3 is 2.68 bits per heavy atom. The molecular weight excluding hydrogens is 262 g/mol. The molecule has 0 amide bonds. The van der Waals surface area contributed by atoms with Crippen LogP contribution < -0.4 is 0 Å². The van der Waals surface area contributed by atoms with Gasteiger partial charge in [-0.05, 0) is 35.3 Å². The molecule has 19 heavy (non-hydrogen) atoms. The van der Waals surface area contributed by atoms with E-state index in [1.54, 1.807) is 12.1 Å². The maximum Gasteiger partial charge on any atom is 0.277 e. The fourth-order valence-corrected chi connectivity index (χ4v) is 2.59. The third kappa shape index (κ3) is 2.02. The molecule has 1 aliphatic rings. The number of allylic oxidation sites excluding steroid dienone is 1. The maximum atomic E-state index is 11.1. The molecule has 2 aromatic rings. The summed E-state index contributed by atoms with van der Waals surface area (Å²) >= 11 is 5.98. The minimum Gasteiger partial charge on any atom is -0.258 e. The Morgan fingerprint density at radius 1 is 1.11 bits per heavy atom. The summed E-state index contributed by atoms with van der Waals surface area (Å²) in [6.07, 6.45) is 2.82. The highest BCUT2D eigenvalue weighted by Crippen LogP contribution is 2.37. The summed E-state index contributed by atoms with van der Waals surface area (Å²) in [6.45, 7) is 0. The van der Waals surface area contributed by atoms with Crippen molar-refractivity contribution >= 4 is 22.9 Å². The van der Waals surface area contributed by atoms with E-state index in [0.29, 0.717) is 10.6 Å². The van der Waals surface area contributed by atoms with Crippen molar-refractivity contribution in [3.63, 3.8) is 0 Å². The Bertz CT molecular complexity index is 707. The van der Waals surface area contributed by atoms with E-state index in [1.165, 1.54) is 11.6 Å². The molecule has 0 unspecified atom stereocenters. The Kier molecular flexibility index (Phi) is 2.84. The third-order valence-electron chi connectivity index (χ3n) is 3.28. The second kappa shape index (κ2) is 4.52. The molecule has 0 fully saturated rings. The first kappa shape index (κ1) is 11.9. The van der Waals surface area contributed by atoms with Crippen molar-refractivity contribution in [1.82, 2.24) is 0 Å². The van der Waals surface area contributed by atoms with Crippen molar-refractivity contribution in [3.05, 3.63) is 80.4 Å². The normalized spacial score (nSPS) is 13.0. The van der Waals surface area contributed by atoms with Gasteiger partial charge in [-0.15, -0.1) is 0 Å². The number of hydrogen-bond donors (Lipinski definition) is 0. The van der Waals surface area contributed by atoms with Crippen molar-refractivity contribution < 1.29 is 4.92 Å². The summed E-state index contributed by atoms with van der Waals surface area (Å²) in [6, 6.07) is 12.6. The van der Waals surface area contributed by atoms with Crippen LogP contribution in [-0.2, 0) is 6.42 Å². The average Bonchev–Trinajstić information content (AvgIpc) is 2.82. The molecule has 0 saturated heterocycles. The van der Waals surface area contributed by atoms with Gasteiger partial charge in [0.25, 0.3) is 5.69 Å². The van der Waals surface area contributed by atoms with Gasteiger partial charge in [0.05, 0.1) is 10.5 Å². The van der Waals surface area contributed by atoms with Crippen molar-refractivity contribution in [2.45, 2.75) is 6.42 Å². The zero-order chi connectivity index (χ0) is 13.4. The van der Waals surface area contributed by atoms with Gasteiger partial charge in [-0.1, -0.05) is 41.9 Å². The van der Waals surface area contributed by atoms with E-state index in [2.05, 4.69) is 0 Å². The van der Waals surface area contributed by atoms with Gasteiger partial charge in [0.1, 0.15) is 0 Å². The number of benzene rings is 2. The molecule has 0 radical (unpaired) electrons. The number of halogens is 1. The Morgan fingerprint density at radius 2 is 1.89 bits per heavy atom. The van der Waals surface area contributed by atoms with Crippen LogP contribution in [0.2, 0.25) is 5.02 Å². The SMILES string of the molecule is O=[N+]([O-])c1ccc(Cl)cc1C1=CCc2ccccc21. The molecule has 0 aromatic heterocycles. The maximum absolute atomic E-state index is 11.1. The molecule has 94 valence electrons. The van der Waals surface area contributed by atoms with Gasteiger partial charge in [0.2, 0.25) is 0 Å². The van der Waals surface area contributed by atoms with Crippen molar-refractivity contribution in [2.24, 2.45) is 0 Å². The lowest BCUT2D eigenvalue weighted by molar-refractivity contribution is -0.385. The molecule has 1 aliphatic carbocycles. The predicted octanol–water partition coefficient (Wildman–Crippen LogP) is 4.24. The zero-order valence-corrected chi connectivity index (χ0v) is 10.7. The van der Waals surface area contributed by atoms with Gasteiger partial charge >= 0.3 is 0 Å². The molecule has 0 saturated carbocycles. The van der Waals surface area contributed by atoms with Gasteiger partial charge in [-0.3, -0.25) is 10.1 Å². The number of hydrogen-bond acceptors (Lipinski definition) is 2. The first-order valence-electron chi connectivity index (χ1n) is 5.89. The van der Waals surface area contributed by atoms with Crippen LogP contribution in [0.4, 0.5) is 5.69 Å². The first-order chi connectivity index (χ1) is 9.16. The smallest absolute Gasteiger partial charge is 0.258 e. The molecule has 3 rings (SSSR count). The minimum atomic E-state index is -0.368. The van der Waals surface area contributed by atoms with Crippen molar-refractivity contribution in [3.8, 4) is 0 Å². The second-order valence-corrected chi connectivity index (χ2v) is 4.83. The molecular formula is C15H10ClNO2. The van der Waals surface area contributed by atoms with Crippen LogP contribution in [0.15, 0.2) is 48.5 Å². The van der Waals surface area contributed by atoms with E-state index in [4.69, 9.17) is 11.6 Å². The molecule has 0 atom stereocenters. The van der Waals surface area contributed by atoms with Crippen LogP contribution in [0.3, 0.4) is 0 Å². The lowest BCUT2D eigenvalue weighted by atomic mass is 9.98. The molecule has 2 aromatic carbocycles. The summed E-state index contributed by atoms with van der Waals surface area (Å²) in [4.78, 5) is 10.8. The highest BCUT2D eigenvalue weighted by Gasteiger charge is 2.22. The Balaban J connectivity index is 2.19. The van der Waals surface area contributed by atoms with Crippen LogP contribution in [0.25, 0.3) is 5.57 Å². The molecule has 0 N–H and O–H groups in total. The highest BCUT2D eigenvalue weighted by molar-refractivity contribution is 6.30. The van der Waals surface area contributed by atoms with Crippen LogP contribution in [0.5, 0.6) is 0 Å². The molecule has 0 heterocycles. The number of fused-ring (bicyclic) bond motifs is 1. The minimum absolute atomic E-state index is 0.0901. The van der Waals surface area contributed by atoms with Gasteiger partial charge in [0.15, 0.2) is 0 Å². The first-order valence-corrected chi connectivity index (χ1v) is 6.27. The monoisotopic (exact) mass is 271 g/mol. The standard InChI is InChI=1S/C15H10ClNO2/c16-11-6-8-15(17(18)19)14(9-11)13-7-5-10-3-1-2-4-12(10)13/h1-4,6-9H,5H2. The number of nitro benzene ring substituents is 1. The fraction of sp³-hybridized carbons (Fsp3) is 0.0667. The summed E-state index contributed by atoms with van der Waals surface area (Å²) in [7, 11) is 0. The lowest BCUT2D eigenvalue weighted by Gasteiger charge is -2.07. The third-order valence-corrected chi connectivity index (χ3v) is 3.51. The Hall–Kier alpha value is -2.13. The van der Waals surface area contributed by atoms with Crippen LogP contribution >= 0.6 is 11.6 Å². The fourth-order valence-electron chi connectivity index (χ4n) is 2.42. The van der Waals surface area contributed by atoms with E-state index >= 15 is 0 Å². The van der Waals surface area contributed by atoms with Gasteiger partial charge < -0.3 is 0 Å². The second-order valence-electron chi connectivity index (χ2n) is 4.40. The van der Waals surface area contributed by atoms with Gasteiger partial charge in [-0.25, -0.2) is 0 Å². The summed E-state index contributed by atoms with van der Waals surface area (Å²) in [5, 5.41) is 11.6. The largest absolute Gasteiger partial charge is 0.277 e. The summed E-state index contributed by atoms with van der Waals surface area (Å²) < 4.78 is 0. The van der Waals surface area contributed by atoms with E-state index < -0.39 is 0 Å². The quantitative estimate of drug-likeness (QED) is 0.606. The lowest BCUT2D eigenvalue weighted by Crippen LogP contribution is -1.95. The van der Waals surface area contributed by atoms with Gasteiger partial charge in [0, 0.05) is 11.1 Å². The number of nitro groups is 1. The molecule has 0 aliphatic heterocycles.